The van der Waals surface area contributed by atoms with Crippen LogP contribution in [0.25, 0.3) is 0 Å². The van der Waals surface area contributed by atoms with Gasteiger partial charge in [-0.15, -0.1) is 0 Å². The first-order valence-corrected chi connectivity index (χ1v) is 7.32. The van der Waals surface area contributed by atoms with E-state index in [-0.39, 0.29) is 11.3 Å². The van der Waals surface area contributed by atoms with Crippen LogP contribution in [0.4, 0.5) is 13.2 Å². The van der Waals surface area contributed by atoms with Gasteiger partial charge in [-0.2, -0.15) is 13.2 Å². The largest absolute Gasteiger partial charge is 0.488 e. The highest BCUT2D eigenvalue weighted by Crippen LogP contribution is 2.42. The fraction of sp³-hybridized carbons (Fsp3) is 0.500. The van der Waals surface area contributed by atoms with E-state index in [0.29, 0.717) is 4.47 Å². The van der Waals surface area contributed by atoms with Crippen LogP contribution in [-0.4, -0.2) is 41.5 Å². The lowest BCUT2D eigenvalue weighted by Gasteiger charge is -2.41. The van der Waals surface area contributed by atoms with Crippen LogP contribution in [0.5, 0.6) is 5.75 Å². The van der Waals surface area contributed by atoms with Crippen molar-refractivity contribution in [3.8, 4) is 5.75 Å². The molecule has 0 aromatic heterocycles. The number of Topliss-reactive ketones (excluding diaryl/α,β-unsaturated/α-hetero) is 1. The van der Waals surface area contributed by atoms with Gasteiger partial charge in [0.25, 0.3) is 0 Å². The summed E-state index contributed by atoms with van der Waals surface area (Å²) in [6.45, 7) is -1.59. The van der Waals surface area contributed by atoms with Gasteiger partial charge in [-0.1, -0.05) is 15.9 Å². The van der Waals surface area contributed by atoms with Crippen molar-refractivity contribution in [3.05, 3.63) is 28.2 Å². The van der Waals surface area contributed by atoms with Gasteiger partial charge in [0.15, 0.2) is 5.78 Å². The van der Waals surface area contributed by atoms with Gasteiger partial charge in [0.1, 0.15) is 17.3 Å². The molecule has 1 aromatic carbocycles. The Balaban J connectivity index is 2.40. The Morgan fingerprint density at radius 1 is 1.27 bits per heavy atom. The molecule has 0 fully saturated rings. The number of fused-ring (bicyclic) bond motifs is 1. The Kier molecular flexibility index (Phi) is 4.84. The minimum atomic E-state index is -4.41. The number of rotatable bonds is 4. The first-order valence-electron chi connectivity index (χ1n) is 6.53. The summed E-state index contributed by atoms with van der Waals surface area (Å²) in [5, 5.41) is 19.1. The van der Waals surface area contributed by atoms with Crippen LogP contribution in [0.2, 0.25) is 0 Å². The van der Waals surface area contributed by atoms with Crippen molar-refractivity contribution in [2.45, 2.75) is 25.1 Å². The number of ketones is 1. The van der Waals surface area contributed by atoms with E-state index in [1.165, 1.54) is 12.1 Å². The van der Waals surface area contributed by atoms with E-state index in [4.69, 9.17) is 4.74 Å². The fourth-order valence-corrected chi connectivity index (χ4v) is 2.85. The number of hydrogen-bond donors (Lipinski definition) is 2. The third kappa shape index (κ3) is 3.13. The fourth-order valence-electron chi connectivity index (χ4n) is 2.49. The summed E-state index contributed by atoms with van der Waals surface area (Å²) in [5.41, 5.74) is -1.65. The van der Waals surface area contributed by atoms with Crippen LogP contribution in [0.15, 0.2) is 22.7 Å². The maximum Gasteiger partial charge on any atom is 0.389 e. The molecule has 22 heavy (non-hydrogen) atoms. The average Bonchev–Trinajstić information content (AvgIpc) is 2.46. The molecule has 1 heterocycles. The topological polar surface area (TPSA) is 66.8 Å². The number of hydrogen-bond acceptors (Lipinski definition) is 4. The number of alkyl halides is 3. The van der Waals surface area contributed by atoms with Crippen molar-refractivity contribution in [1.29, 1.82) is 0 Å². The van der Waals surface area contributed by atoms with Gasteiger partial charge in [-0.05, 0) is 24.6 Å². The number of carbonyl (C=O) groups excluding carboxylic acids is 1. The quantitative estimate of drug-likeness (QED) is 0.839. The van der Waals surface area contributed by atoms with Crippen LogP contribution in [0.1, 0.15) is 23.2 Å². The van der Waals surface area contributed by atoms with Crippen LogP contribution < -0.4 is 4.74 Å². The van der Waals surface area contributed by atoms with Crippen LogP contribution in [0, 0.1) is 5.41 Å². The SMILES string of the molecule is O=C1c2cc(Br)ccc2OC(CCC(F)(F)F)C1(CO)CO. The number of halogens is 4. The molecule has 1 aliphatic heterocycles. The van der Waals surface area contributed by atoms with Gasteiger partial charge >= 0.3 is 6.18 Å². The lowest BCUT2D eigenvalue weighted by Crippen LogP contribution is -2.54. The highest BCUT2D eigenvalue weighted by atomic mass is 79.9. The van der Waals surface area contributed by atoms with E-state index < -0.39 is 49.5 Å². The summed E-state index contributed by atoms with van der Waals surface area (Å²) in [7, 11) is 0. The molecule has 122 valence electrons. The second-order valence-corrected chi connectivity index (χ2v) is 6.12. The first kappa shape index (κ1) is 17.2. The summed E-state index contributed by atoms with van der Waals surface area (Å²) < 4.78 is 43.4. The maximum atomic E-state index is 12.6. The van der Waals surface area contributed by atoms with Crippen LogP contribution >= 0.6 is 15.9 Å². The van der Waals surface area contributed by atoms with Crippen molar-refractivity contribution in [2.75, 3.05) is 13.2 Å². The monoisotopic (exact) mass is 382 g/mol. The molecule has 0 radical (unpaired) electrons. The molecular formula is C14H14BrF3O4. The summed E-state index contributed by atoms with van der Waals surface area (Å²) in [5.74, 6) is -0.467. The van der Waals surface area contributed by atoms with Crippen molar-refractivity contribution in [1.82, 2.24) is 0 Å². The van der Waals surface area contributed by atoms with Gasteiger partial charge in [0.05, 0.1) is 18.8 Å². The van der Waals surface area contributed by atoms with Gasteiger partial charge in [0, 0.05) is 10.9 Å². The molecule has 1 unspecified atom stereocenters. The van der Waals surface area contributed by atoms with E-state index in [0.717, 1.165) is 0 Å². The van der Waals surface area contributed by atoms with Crippen molar-refractivity contribution < 1.29 is 32.9 Å². The molecule has 0 bridgehead atoms. The summed E-state index contributed by atoms with van der Waals surface area (Å²) in [6, 6.07) is 4.52. The molecule has 2 N–H and O–H groups in total. The highest BCUT2D eigenvalue weighted by molar-refractivity contribution is 9.10. The normalized spacial score (nSPS) is 20.5. The van der Waals surface area contributed by atoms with E-state index in [1.54, 1.807) is 6.07 Å². The number of ether oxygens (including phenoxy) is 1. The van der Waals surface area contributed by atoms with E-state index in [2.05, 4.69) is 15.9 Å². The molecule has 4 nitrogen and oxygen atoms in total. The Morgan fingerprint density at radius 2 is 1.91 bits per heavy atom. The molecule has 0 spiro atoms. The van der Waals surface area contributed by atoms with Crippen LogP contribution in [0.3, 0.4) is 0 Å². The van der Waals surface area contributed by atoms with Crippen molar-refractivity contribution >= 4 is 21.7 Å². The summed E-state index contributed by atoms with van der Waals surface area (Å²) in [6.07, 6.45) is -7.35. The number of aliphatic hydroxyl groups is 2. The lowest BCUT2D eigenvalue weighted by atomic mass is 9.73. The third-order valence-corrected chi connectivity index (χ3v) is 4.27. The Labute approximate surface area is 133 Å². The standard InChI is InChI=1S/C14H14BrF3O4/c15-8-1-2-10-9(5-8)12(21)13(6-19,7-20)11(22-10)3-4-14(16,17)18/h1-2,5,11,19-20H,3-4,6-7H2. The van der Waals surface area contributed by atoms with Crippen molar-refractivity contribution in [3.63, 3.8) is 0 Å². The molecule has 1 aromatic rings. The zero-order valence-electron chi connectivity index (χ0n) is 11.4. The minimum absolute atomic E-state index is 0.126. The predicted molar refractivity (Wildman–Crippen MR) is 74.8 cm³/mol. The van der Waals surface area contributed by atoms with Gasteiger partial charge in [0.2, 0.25) is 0 Å². The summed E-state index contributed by atoms with van der Waals surface area (Å²) >= 11 is 3.19. The molecule has 0 saturated carbocycles. The molecule has 2 rings (SSSR count). The van der Waals surface area contributed by atoms with E-state index in [9.17, 15) is 28.2 Å². The Hall–Kier alpha value is -1.12. The number of carbonyl (C=O) groups is 1. The average molecular weight is 383 g/mol. The zero-order chi connectivity index (χ0) is 16.5. The molecule has 0 saturated heterocycles. The van der Waals surface area contributed by atoms with Crippen LogP contribution in [-0.2, 0) is 0 Å². The molecule has 0 aliphatic carbocycles. The Bertz CT molecular complexity index is 570. The Morgan fingerprint density at radius 3 is 2.45 bits per heavy atom. The summed E-state index contributed by atoms with van der Waals surface area (Å²) in [4.78, 5) is 12.6. The molecule has 1 aliphatic rings. The molecule has 8 heteroatoms. The molecule has 0 amide bonds. The van der Waals surface area contributed by atoms with E-state index >= 15 is 0 Å². The predicted octanol–water partition coefficient (Wildman–Crippen LogP) is 2.71. The third-order valence-electron chi connectivity index (χ3n) is 3.78. The second kappa shape index (κ2) is 6.17. The smallest absolute Gasteiger partial charge is 0.389 e. The number of aliphatic hydroxyl groups excluding tert-OH is 2. The lowest BCUT2D eigenvalue weighted by molar-refractivity contribution is -0.144. The molecular weight excluding hydrogens is 369 g/mol. The van der Waals surface area contributed by atoms with Gasteiger partial charge in [-0.3, -0.25) is 4.79 Å². The first-order chi connectivity index (χ1) is 10.2. The maximum absolute atomic E-state index is 12.6. The van der Waals surface area contributed by atoms with Crippen molar-refractivity contribution in [2.24, 2.45) is 5.41 Å². The minimum Gasteiger partial charge on any atom is -0.488 e. The zero-order valence-corrected chi connectivity index (χ0v) is 12.9. The van der Waals surface area contributed by atoms with Gasteiger partial charge < -0.3 is 14.9 Å². The van der Waals surface area contributed by atoms with E-state index in [1.807, 2.05) is 0 Å². The number of benzene rings is 1. The molecule has 1 atom stereocenters. The second-order valence-electron chi connectivity index (χ2n) is 5.20. The highest BCUT2D eigenvalue weighted by Gasteiger charge is 2.51. The van der Waals surface area contributed by atoms with Gasteiger partial charge in [-0.25, -0.2) is 0 Å².